The van der Waals surface area contributed by atoms with Crippen molar-refractivity contribution < 1.29 is 9.47 Å². The highest BCUT2D eigenvalue weighted by Gasteiger charge is 2.11. The van der Waals surface area contributed by atoms with Gasteiger partial charge in [-0.2, -0.15) is 0 Å². The monoisotopic (exact) mass is 194 g/mol. The molecule has 0 aromatic heterocycles. The Morgan fingerprint density at radius 3 is 2.29 bits per heavy atom. The molecule has 0 fully saturated rings. The first-order chi connectivity index (χ1) is 6.74. The van der Waals surface area contributed by atoms with Gasteiger partial charge in [0.1, 0.15) is 0 Å². The minimum absolute atomic E-state index is 0.116. The van der Waals surface area contributed by atoms with Crippen molar-refractivity contribution in [3.05, 3.63) is 35.9 Å². The van der Waals surface area contributed by atoms with E-state index in [1.54, 1.807) is 7.11 Å². The first kappa shape index (κ1) is 11.2. The molecule has 0 heterocycles. The van der Waals surface area contributed by atoms with Gasteiger partial charge in [0.2, 0.25) is 0 Å². The minimum Gasteiger partial charge on any atom is -0.356 e. The second-order valence-electron chi connectivity index (χ2n) is 3.64. The molecule has 0 amide bonds. The lowest BCUT2D eigenvalue weighted by molar-refractivity contribution is -0.155. The standard InChI is InChI=1S/C12H18O2/c1-10(2)12(13-3)14-9-11-7-5-4-6-8-11/h4-8,10,12H,9H2,1-3H3. The Bertz CT molecular complexity index is 244. The second kappa shape index (κ2) is 5.78. The highest BCUT2D eigenvalue weighted by atomic mass is 16.7. The Morgan fingerprint density at radius 2 is 1.79 bits per heavy atom. The molecule has 1 atom stereocenters. The number of rotatable bonds is 5. The van der Waals surface area contributed by atoms with Gasteiger partial charge >= 0.3 is 0 Å². The molecule has 0 aliphatic heterocycles. The van der Waals surface area contributed by atoms with Crippen LogP contribution in [0, 0.1) is 5.92 Å². The van der Waals surface area contributed by atoms with E-state index in [1.807, 2.05) is 30.3 Å². The third-order valence-electron chi connectivity index (χ3n) is 2.03. The molecule has 0 N–H and O–H groups in total. The number of methoxy groups -OCH3 is 1. The van der Waals surface area contributed by atoms with E-state index in [1.165, 1.54) is 5.56 Å². The zero-order valence-corrected chi connectivity index (χ0v) is 9.07. The molecule has 2 nitrogen and oxygen atoms in total. The maximum atomic E-state index is 5.62. The maximum absolute atomic E-state index is 5.62. The summed E-state index contributed by atoms with van der Waals surface area (Å²) < 4.78 is 10.8. The van der Waals surface area contributed by atoms with Crippen LogP contribution in [0.5, 0.6) is 0 Å². The molecule has 1 aromatic rings. The molecule has 14 heavy (non-hydrogen) atoms. The Kier molecular flexibility index (Phi) is 4.63. The van der Waals surface area contributed by atoms with E-state index in [4.69, 9.17) is 9.47 Å². The average molecular weight is 194 g/mol. The summed E-state index contributed by atoms with van der Waals surface area (Å²) in [4.78, 5) is 0. The summed E-state index contributed by atoms with van der Waals surface area (Å²) in [7, 11) is 1.68. The van der Waals surface area contributed by atoms with Crippen LogP contribution in [0.25, 0.3) is 0 Å². The van der Waals surface area contributed by atoms with E-state index in [0.29, 0.717) is 12.5 Å². The first-order valence-electron chi connectivity index (χ1n) is 4.92. The van der Waals surface area contributed by atoms with Gasteiger partial charge in [-0.1, -0.05) is 44.2 Å². The molecule has 0 aliphatic carbocycles. The van der Waals surface area contributed by atoms with Crippen molar-refractivity contribution in [1.29, 1.82) is 0 Å². The van der Waals surface area contributed by atoms with Gasteiger partial charge in [-0.25, -0.2) is 0 Å². The van der Waals surface area contributed by atoms with Crippen LogP contribution in [0.2, 0.25) is 0 Å². The van der Waals surface area contributed by atoms with Crippen molar-refractivity contribution in [3.63, 3.8) is 0 Å². The molecular weight excluding hydrogens is 176 g/mol. The van der Waals surface area contributed by atoms with Gasteiger partial charge in [-0.3, -0.25) is 0 Å². The lowest BCUT2D eigenvalue weighted by Gasteiger charge is -2.19. The van der Waals surface area contributed by atoms with Gasteiger partial charge in [0.25, 0.3) is 0 Å². The predicted octanol–water partition coefficient (Wildman–Crippen LogP) is 2.83. The summed E-state index contributed by atoms with van der Waals surface area (Å²) in [6.07, 6.45) is -0.116. The zero-order valence-electron chi connectivity index (χ0n) is 9.07. The largest absolute Gasteiger partial charge is 0.356 e. The summed E-state index contributed by atoms with van der Waals surface area (Å²) in [5.41, 5.74) is 1.18. The van der Waals surface area contributed by atoms with Crippen LogP contribution >= 0.6 is 0 Å². The van der Waals surface area contributed by atoms with Gasteiger partial charge in [0.05, 0.1) is 6.61 Å². The highest BCUT2D eigenvalue weighted by Crippen LogP contribution is 2.10. The quantitative estimate of drug-likeness (QED) is 0.671. The van der Waals surface area contributed by atoms with E-state index in [0.717, 1.165) is 0 Å². The van der Waals surface area contributed by atoms with Crippen molar-refractivity contribution in [2.24, 2.45) is 5.92 Å². The molecule has 0 radical (unpaired) electrons. The van der Waals surface area contributed by atoms with E-state index < -0.39 is 0 Å². The van der Waals surface area contributed by atoms with Gasteiger partial charge < -0.3 is 9.47 Å². The van der Waals surface area contributed by atoms with Crippen molar-refractivity contribution in [2.45, 2.75) is 26.7 Å². The smallest absolute Gasteiger partial charge is 0.159 e. The van der Waals surface area contributed by atoms with Gasteiger partial charge in [-0.15, -0.1) is 0 Å². The minimum atomic E-state index is -0.116. The number of ether oxygens (including phenoxy) is 2. The van der Waals surface area contributed by atoms with Crippen LogP contribution in [-0.4, -0.2) is 13.4 Å². The van der Waals surface area contributed by atoms with Crippen molar-refractivity contribution in [3.8, 4) is 0 Å². The van der Waals surface area contributed by atoms with E-state index >= 15 is 0 Å². The molecule has 78 valence electrons. The number of hydrogen-bond donors (Lipinski definition) is 0. The number of benzene rings is 1. The summed E-state index contributed by atoms with van der Waals surface area (Å²) in [5, 5.41) is 0. The van der Waals surface area contributed by atoms with Crippen molar-refractivity contribution in [2.75, 3.05) is 7.11 Å². The number of hydrogen-bond acceptors (Lipinski definition) is 2. The van der Waals surface area contributed by atoms with Crippen LogP contribution in [0.4, 0.5) is 0 Å². The van der Waals surface area contributed by atoms with Gasteiger partial charge in [0, 0.05) is 13.0 Å². The highest BCUT2D eigenvalue weighted by molar-refractivity contribution is 5.13. The maximum Gasteiger partial charge on any atom is 0.159 e. The molecule has 0 saturated heterocycles. The third kappa shape index (κ3) is 3.48. The van der Waals surface area contributed by atoms with Crippen LogP contribution in [0.3, 0.4) is 0 Å². The summed E-state index contributed by atoms with van der Waals surface area (Å²) >= 11 is 0. The van der Waals surface area contributed by atoms with Crippen LogP contribution < -0.4 is 0 Å². The Morgan fingerprint density at radius 1 is 1.14 bits per heavy atom. The van der Waals surface area contributed by atoms with Crippen LogP contribution in [0.1, 0.15) is 19.4 Å². The van der Waals surface area contributed by atoms with Crippen molar-refractivity contribution >= 4 is 0 Å². The lowest BCUT2D eigenvalue weighted by Crippen LogP contribution is -2.21. The first-order valence-corrected chi connectivity index (χ1v) is 4.92. The molecular formula is C12H18O2. The predicted molar refractivity (Wildman–Crippen MR) is 56.9 cm³/mol. The Balaban J connectivity index is 2.40. The van der Waals surface area contributed by atoms with Crippen LogP contribution in [-0.2, 0) is 16.1 Å². The zero-order chi connectivity index (χ0) is 10.4. The van der Waals surface area contributed by atoms with E-state index in [-0.39, 0.29) is 6.29 Å². The Labute approximate surface area is 85.8 Å². The molecule has 1 unspecified atom stereocenters. The second-order valence-corrected chi connectivity index (χ2v) is 3.64. The summed E-state index contributed by atoms with van der Waals surface area (Å²) in [6.45, 7) is 4.77. The molecule has 0 saturated carbocycles. The van der Waals surface area contributed by atoms with E-state index in [9.17, 15) is 0 Å². The fraction of sp³-hybridized carbons (Fsp3) is 0.500. The topological polar surface area (TPSA) is 18.5 Å². The normalized spacial score (nSPS) is 13.1. The fourth-order valence-corrected chi connectivity index (χ4v) is 1.29. The Hall–Kier alpha value is -0.860. The third-order valence-corrected chi connectivity index (χ3v) is 2.03. The molecule has 0 bridgehead atoms. The van der Waals surface area contributed by atoms with Gasteiger partial charge in [-0.05, 0) is 5.56 Å². The fourth-order valence-electron chi connectivity index (χ4n) is 1.29. The average Bonchev–Trinajstić information content (AvgIpc) is 2.20. The van der Waals surface area contributed by atoms with Crippen LogP contribution in [0.15, 0.2) is 30.3 Å². The summed E-state index contributed by atoms with van der Waals surface area (Å²) in [5.74, 6) is 0.378. The van der Waals surface area contributed by atoms with E-state index in [2.05, 4.69) is 13.8 Å². The SMILES string of the molecule is COC(OCc1ccccc1)C(C)C. The summed E-state index contributed by atoms with van der Waals surface area (Å²) in [6, 6.07) is 10.1. The molecule has 0 aliphatic rings. The lowest BCUT2D eigenvalue weighted by atomic mass is 10.2. The van der Waals surface area contributed by atoms with Crippen molar-refractivity contribution in [1.82, 2.24) is 0 Å². The molecule has 1 aromatic carbocycles. The molecule has 2 heteroatoms. The molecule has 0 spiro atoms. The van der Waals surface area contributed by atoms with Gasteiger partial charge in [0.15, 0.2) is 6.29 Å². The molecule has 1 rings (SSSR count).